The molecule has 0 atom stereocenters. The van der Waals surface area contributed by atoms with Crippen LogP contribution in [0.4, 0.5) is 30.7 Å². The van der Waals surface area contributed by atoms with Crippen molar-refractivity contribution >= 4 is 0 Å². The Hall–Kier alpha value is -3.03. The third-order valence-electron chi connectivity index (χ3n) is 6.03. The van der Waals surface area contributed by atoms with Gasteiger partial charge in [0.25, 0.3) is 0 Å². The zero-order valence-electron chi connectivity index (χ0n) is 17.3. The highest BCUT2D eigenvalue weighted by atomic mass is 19.2. The van der Waals surface area contributed by atoms with E-state index in [1.165, 1.54) is 12.1 Å². The summed E-state index contributed by atoms with van der Waals surface area (Å²) in [7, 11) is 0. The molecule has 0 radical (unpaired) electrons. The van der Waals surface area contributed by atoms with Crippen molar-refractivity contribution < 1.29 is 35.5 Å². The molecule has 1 aliphatic carbocycles. The van der Waals surface area contributed by atoms with E-state index in [9.17, 15) is 30.7 Å². The minimum absolute atomic E-state index is 0.0272. The minimum atomic E-state index is -1.61. The van der Waals surface area contributed by atoms with Crippen LogP contribution in [0.1, 0.15) is 37.2 Å². The van der Waals surface area contributed by atoms with Crippen molar-refractivity contribution in [2.75, 3.05) is 6.61 Å². The normalized spacial score (nSPS) is 18.4. The first-order valence-corrected chi connectivity index (χ1v) is 10.4. The fourth-order valence-electron chi connectivity index (χ4n) is 4.26. The first-order valence-electron chi connectivity index (χ1n) is 10.4. The van der Waals surface area contributed by atoms with Crippen LogP contribution >= 0.6 is 0 Å². The highest BCUT2D eigenvalue weighted by Gasteiger charge is 2.25. The van der Waals surface area contributed by atoms with Crippen LogP contribution < -0.4 is 4.74 Å². The molecular formula is C25H19F7O. The zero-order chi connectivity index (χ0) is 23.7. The van der Waals surface area contributed by atoms with Crippen LogP contribution in [0, 0.1) is 46.6 Å². The number of rotatable bonds is 5. The first kappa shape index (κ1) is 23.1. The summed E-state index contributed by atoms with van der Waals surface area (Å²) in [6, 6.07) is 6.99. The first-order chi connectivity index (χ1) is 15.7. The zero-order valence-corrected chi connectivity index (χ0v) is 17.3. The van der Waals surface area contributed by atoms with Crippen LogP contribution in [-0.2, 0) is 0 Å². The second kappa shape index (κ2) is 9.45. The van der Waals surface area contributed by atoms with Crippen molar-refractivity contribution in [2.24, 2.45) is 5.92 Å². The number of ether oxygens (including phenoxy) is 1. The molecule has 1 nitrogen and oxygen atoms in total. The van der Waals surface area contributed by atoms with Gasteiger partial charge in [0.2, 0.25) is 0 Å². The lowest BCUT2D eigenvalue weighted by Gasteiger charge is -2.29. The van der Waals surface area contributed by atoms with Crippen LogP contribution in [0.5, 0.6) is 5.75 Å². The second-order valence-electron chi connectivity index (χ2n) is 8.22. The molecule has 0 N–H and O–H groups in total. The predicted molar refractivity (Wildman–Crippen MR) is 108 cm³/mol. The summed E-state index contributed by atoms with van der Waals surface area (Å²) in [6.07, 6.45) is 2.71. The van der Waals surface area contributed by atoms with Crippen molar-refractivity contribution in [3.63, 3.8) is 0 Å². The van der Waals surface area contributed by atoms with Crippen molar-refractivity contribution in [3.05, 3.63) is 88.7 Å². The van der Waals surface area contributed by atoms with E-state index in [2.05, 4.69) is 0 Å². The van der Waals surface area contributed by atoms with Gasteiger partial charge < -0.3 is 4.74 Å². The van der Waals surface area contributed by atoms with Gasteiger partial charge in [0.1, 0.15) is 11.6 Å². The number of hydrogen-bond acceptors (Lipinski definition) is 1. The average molecular weight is 468 g/mol. The Morgan fingerprint density at radius 3 is 1.85 bits per heavy atom. The maximum Gasteiger partial charge on any atom is 0.194 e. The quantitative estimate of drug-likeness (QED) is 0.276. The molecule has 0 amide bonds. The summed E-state index contributed by atoms with van der Waals surface area (Å²) in [5.74, 6) is -8.84. The fourth-order valence-corrected chi connectivity index (χ4v) is 4.26. The molecule has 1 saturated carbocycles. The summed E-state index contributed by atoms with van der Waals surface area (Å²) < 4.78 is 100. The van der Waals surface area contributed by atoms with E-state index in [1.54, 1.807) is 6.07 Å². The van der Waals surface area contributed by atoms with Gasteiger partial charge in [0.05, 0.1) is 6.61 Å². The van der Waals surface area contributed by atoms with Gasteiger partial charge in [-0.15, -0.1) is 0 Å². The Bertz CT molecular complexity index is 1120. The molecule has 33 heavy (non-hydrogen) atoms. The standard InChI is InChI=1S/C25H19F7O/c26-17-10-22(30)25(23(31)11-17)33-12-13-1-3-14(4-2-13)15-5-6-18(19(27)7-15)16-8-20(28)24(32)21(29)9-16/h5-11,13-14H,1-4,12H2. The molecule has 0 spiro atoms. The van der Waals surface area contributed by atoms with Gasteiger partial charge in [0, 0.05) is 17.7 Å². The molecule has 0 saturated heterocycles. The van der Waals surface area contributed by atoms with E-state index in [4.69, 9.17) is 4.74 Å². The third kappa shape index (κ3) is 4.99. The summed E-state index contributed by atoms with van der Waals surface area (Å²) in [5, 5.41) is 0. The second-order valence-corrected chi connectivity index (χ2v) is 8.22. The van der Waals surface area contributed by atoms with Crippen LogP contribution in [0.2, 0.25) is 0 Å². The molecule has 3 aromatic rings. The summed E-state index contributed by atoms with van der Waals surface area (Å²) in [4.78, 5) is 0. The Morgan fingerprint density at radius 2 is 1.27 bits per heavy atom. The lowest BCUT2D eigenvalue weighted by Crippen LogP contribution is -2.20. The number of benzene rings is 3. The Balaban J connectivity index is 1.39. The SMILES string of the molecule is Fc1cc(F)c(OCC2CCC(c3ccc(-c4cc(F)c(F)c(F)c4)c(F)c3)CC2)c(F)c1. The van der Waals surface area contributed by atoms with E-state index >= 15 is 0 Å². The van der Waals surface area contributed by atoms with Gasteiger partial charge in [0.15, 0.2) is 34.8 Å². The Kier molecular flexibility index (Phi) is 6.63. The maximum absolute atomic E-state index is 14.7. The van der Waals surface area contributed by atoms with Gasteiger partial charge in [-0.1, -0.05) is 12.1 Å². The van der Waals surface area contributed by atoms with E-state index in [1.807, 2.05) is 0 Å². The van der Waals surface area contributed by atoms with Gasteiger partial charge >= 0.3 is 0 Å². The van der Waals surface area contributed by atoms with Gasteiger partial charge in [-0.25, -0.2) is 30.7 Å². The molecule has 4 rings (SSSR count). The van der Waals surface area contributed by atoms with Gasteiger partial charge in [-0.2, -0.15) is 0 Å². The van der Waals surface area contributed by atoms with Crippen molar-refractivity contribution in [3.8, 4) is 16.9 Å². The lowest BCUT2D eigenvalue weighted by molar-refractivity contribution is 0.187. The highest BCUT2D eigenvalue weighted by Crippen LogP contribution is 2.38. The maximum atomic E-state index is 14.7. The van der Waals surface area contributed by atoms with Gasteiger partial charge in [-0.05, 0) is 66.8 Å². The largest absolute Gasteiger partial charge is 0.487 e. The molecule has 0 aliphatic heterocycles. The highest BCUT2D eigenvalue weighted by molar-refractivity contribution is 5.65. The molecule has 0 heterocycles. The smallest absolute Gasteiger partial charge is 0.194 e. The van der Waals surface area contributed by atoms with Crippen LogP contribution in [0.25, 0.3) is 11.1 Å². The summed E-state index contributed by atoms with van der Waals surface area (Å²) in [6.45, 7) is 0.0706. The van der Waals surface area contributed by atoms with E-state index in [0.717, 1.165) is 12.1 Å². The fraction of sp³-hybridized carbons (Fsp3) is 0.280. The summed E-state index contributed by atoms with van der Waals surface area (Å²) >= 11 is 0. The van der Waals surface area contributed by atoms with E-state index in [-0.39, 0.29) is 29.6 Å². The third-order valence-corrected chi connectivity index (χ3v) is 6.03. The molecule has 0 unspecified atom stereocenters. The summed E-state index contributed by atoms with van der Waals surface area (Å²) in [5.41, 5.74) is 0.577. The number of halogens is 7. The van der Waals surface area contributed by atoms with Gasteiger partial charge in [-0.3, -0.25) is 0 Å². The topological polar surface area (TPSA) is 9.23 Å². The minimum Gasteiger partial charge on any atom is -0.487 e. The van der Waals surface area contributed by atoms with Crippen LogP contribution in [0.15, 0.2) is 42.5 Å². The predicted octanol–water partition coefficient (Wildman–Crippen LogP) is 7.68. The van der Waals surface area contributed by atoms with E-state index in [0.29, 0.717) is 43.4 Å². The average Bonchev–Trinajstić information content (AvgIpc) is 2.77. The Labute approximate surface area is 185 Å². The molecule has 8 heteroatoms. The van der Waals surface area contributed by atoms with Crippen molar-refractivity contribution in [2.45, 2.75) is 31.6 Å². The number of hydrogen-bond donors (Lipinski definition) is 0. The Morgan fingerprint density at radius 1 is 0.667 bits per heavy atom. The molecule has 0 bridgehead atoms. The molecule has 0 aromatic heterocycles. The lowest BCUT2D eigenvalue weighted by atomic mass is 9.78. The molecule has 174 valence electrons. The molecule has 1 fully saturated rings. The van der Waals surface area contributed by atoms with Crippen LogP contribution in [0.3, 0.4) is 0 Å². The molecular weight excluding hydrogens is 449 g/mol. The monoisotopic (exact) mass is 468 g/mol. The van der Waals surface area contributed by atoms with E-state index < -0.39 is 46.5 Å². The van der Waals surface area contributed by atoms with Crippen LogP contribution in [-0.4, -0.2) is 6.61 Å². The molecule has 1 aliphatic rings. The molecule has 3 aromatic carbocycles. The van der Waals surface area contributed by atoms with Crippen molar-refractivity contribution in [1.82, 2.24) is 0 Å². The van der Waals surface area contributed by atoms with Crippen molar-refractivity contribution in [1.29, 1.82) is 0 Å².